The quantitative estimate of drug-likeness (QED) is 0.876. The Bertz CT molecular complexity index is 540. The molecule has 0 fully saturated rings. The number of imidazole rings is 1. The van der Waals surface area contributed by atoms with Crippen LogP contribution in [0.4, 0.5) is 0 Å². The van der Waals surface area contributed by atoms with Crippen molar-refractivity contribution >= 4 is 0 Å². The van der Waals surface area contributed by atoms with Crippen LogP contribution in [-0.4, -0.2) is 9.97 Å². The van der Waals surface area contributed by atoms with Crippen LogP contribution >= 0.6 is 0 Å². The van der Waals surface area contributed by atoms with Crippen LogP contribution in [0.1, 0.15) is 43.4 Å². The van der Waals surface area contributed by atoms with Crippen molar-refractivity contribution < 1.29 is 0 Å². The van der Waals surface area contributed by atoms with Crippen LogP contribution < -0.4 is 5.73 Å². The number of rotatable bonds is 4. The van der Waals surface area contributed by atoms with Crippen LogP contribution in [0.3, 0.4) is 0 Å². The summed E-state index contributed by atoms with van der Waals surface area (Å²) < 4.78 is 0. The lowest BCUT2D eigenvalue weighted by molar-refractivity contribution is 0.441. The second kappa shape index (κ2) is 5.57. The summed E-state index contributed by atoms with van der Waals surface area (Å²) in [7, 11) is 0. The molecule has 2 atom stereocenters. The maximum absolute atomic E-state index is 6.24. The molecule has 2 aromatic rings. The van der Waals surface area contributed by atoms with Gasteiger partial charge in [0.15, 0.2) is 0 Å². The summed E-state index contributed by atoms with van der Waals surface area (Å²) in [5.74, 6) is 1.32. The molecule has 19 heavy (non-hydrogen) atoms. The molecule has 3 heteroatoms. The van der Waals surface area contributed by atoms with Crippen molar-refractivity contribution in [3.8, 4) is 11.3 Å². The largest absolute Gasteiger partial charge is 0.344 e. The fourth-order valence-corrected chi connectivity index (χ4v) is 2.16. The SMILES string of the molecule is CCC(C)C(N)c1nc(-c2ccc(C)cc2)c(C)[nH]1. The molecule has 0 aliphatic rings. The predicted octanol–water partition coefficient (Wildman–Crippen LogP) is 3.74. The normalized spacial score (nSPS) is 14.4. The van der Waals surface area contributed by atoms with E-state index < -0.39 is 0 Å². The lowest BCUT2D eigenvalue weighted by Crippen LogP contribution is -2.19. The van der Waals surface area contributed by atoms with Gasteiger partial charge in [0, 0.05) is 11.3 Å². The van der Waals surface area contributed by atoms with Gasteiger partial charge in [0.2, 0.25) is 0 Å². The molecule has 1 heterocycles. The fraction of sp³-hybridized carbons (Fsp3) is 0.438. The van der Waals surface area contributed by atoms with Crippen LogP contribution in [0, 0.1) is 19.8 Å². The molecule has 0 saturated heterocycles. The van der Waals surface area contributed by atoms with E-state index in [4.69, 9.17) is 10.7 Å². The van der Waals surface area contributed by atoms with Crippen molar-refractivity contribution in [3.05, 3.63) is 41.3 Å². The molecule has 102 valence electrons. The Labute approximate surface area is 115 Å². The Balaban J connectivity index is 2.33. The minimum atomic E-state index is -0.0251. The number of aryl methyl sites for hydroxylation is 2. The zero-order chi connectivity index (χ0) is 14.0. The Morgan fingerprint density at radius 1 is 1.21 bits per heavy atom. The molecule has 0 aliphatic carbocycles. The van der Waals surface area contributed by atoms with Gasteiger partial charge >= 0.3 is 0 Å². The van der Waals surface area contributed by atoms with Crippen molar-refractivity contribution in [1.82, 2.24) is 9.97 Å². The highest BCUT2D eigenvalue weighted by atomic mass is 15.0. The molecule has 3 N–H and O–H groups in total. The third-order valence-corrected chi connectivity index (χ3v) is 3.80. The Hall–Kier alpha value is -1.61. The average molecular weight is 257 g/mol. The van der Waals surface area contributed by atoms with Gasteiger partial charge in [-0.3, -0.25) is 0 Å². The van der Waals surface area contributed by atoms with Crippen LogP contribution in [0.2, 0.25) is 0 Å². The highest BCUT2D eigenvalue weighted by Gasteiger charge is 2.18. The highest BCUT2D eigenvalue weighted by Crippen LogP contribution is 2.26. The van der Waals surface area contributed by atoms with Gasteiger partial charge in [0.05, 0.1) is 11.7 Å². The van der Waals surface area contributed by atoms with E-state index in [1.165, 1.54) is 5.56 Å². The molecule has 2 rings (SSSR count). The summed E-state index contributed by atoms with van der Waals surface area (Å²) in [5, 5.41) is 0. The molecule has 1 aromatic heterocycles. The van der Waals surface area contributed by atoms with Crippen LogP contribution in [0.25, 0.3) is 11.3 Å². The first kappa shape index (κ1) is 13.8. The molecule has 0 aliphatic heterocycles. The maximum Gasteiger partial charge on any atom is 0.124 e. The summed E-state index contributed by atoms with van der Waals surface area (Å²) >= 11 is 0. The van der Waals surface area contributed by atoms with E-state index in [0.717, 1.165) is 29.2 Å². The van der Waals surface area contributed by atoms with Crippen molar-refractivity contribution in [2.45, 2.75) is 40.2 Å². The Morgan fingerprint density at radius 2 is 1.84 bits per heavy atom. The van der Waals surface area contributed by atoms with Crippen molar-refractivity contribution in [1.29, 1.82) is 0 Å². The summed E-state index contributed by atoms with van der Waals surface area (Å²) in [6, 6.07) is 8.41. The number of aromatic amines is 1. The van der Waals surface area contributed by atoms with Gasteiger partial charge in [-0.15, -0.1) is 0 Å². The first-order chi connectivity index (χ1) is 9.02. The predicted molar refractivity (Wildman–Crippen MR) is 79.9 cm³/mol. The average Bonchev–Trinajstić information content (AvgIpc) is 2.80. The third kappa shape index (κ3) is 2.87. The minimum absolute atomic E-state index is 0.0251. The number of hydrogen-bond donors (Lipinski definition) is 2. The van der Waals surface area contributed by atoms with Crippen LogP contribution in [0.15, 0.2) is 24.3 Å². The molecular formula is C16H23N3. The van der Waals surface area contributed by atoms with Gasteiger partial charge in [0.1, 0.15) is 5.82 Å². The van der Waals surface area contributed by atoms with Gasteiger partial charge < -0.3 is 10.7 Å². The zero-order valence-electron chi connectivity index (χ0n) is 12.2. The summed E-state index contributed by atoms with van der Waals surface area (Å²) in [6.45, 7) is 8.45. The number of hydrogen-bond acceptors (Lipinski definition) is 2. The van der Waals surface area contributed by atoms with Gasteiger partial charge in [-0.05, 0) is 19.8 Å². The first-order valence-corrected chi connectivity index (χ1v) is 6.92. The molecule has 3 nitrogen and oxygen atoms in total. The van der Waals surface area contributed by atoms with E-state index in [-0.39, 0.29) is 6.04 Å². The van der Waals surface area contributed by atoms with Crippen molar-refractivity contribution in [2.24, 2.45) is 11.7 Å². The number of benzene rings is 1. The summed E-state index contributed by atoms with van der Waals surface area (Å²) in [4.78, 5) is 8.03. The van der Waals surface area contributed by atoms with E-state index in [2.05, 4.69) is 56.9 Å². The third-order valence-electron chi connectivity index (χ3n) is 3.80. The number of H-pyrrole nitrogens is 1. The number of aromatic nitrogens is 2. The number of nitrogens with one attached hydrogen (secondary N) is 1. The molecular weight excluding hydrogens is 234 g/mol. The standard InChI is InChI=1S/C16H23N3/c1-5-11(3)14(17)16-18-12(4)15(19-16)13-8-6-10(2)7-9-13/h6-9,11,14H,5,17H2,1-4H3,(H,18,19). The van der Waals surface area contributed by atoms with Gasteiger partial charge in [-0.1, -0.05) is 50.1 Å². The molecule has 0 spiro atoms. The Kier molecular flexibility index (Phi) is 4.05. The first-order valence-electron chi connectivity index (χ1n) is 6.92. The van der Waals surface area contributed by atoms with Crippen LogP contribution in [-0.2, 0) is 0 Å². The van der Waals surface area contributed by atoms with E-state index in [0.29, 0.717) is 5.92 Å². The lowest BCUT2D eigenvalue weighted by Gasteiger charge is -2.15. The van der Waals surface area contributed by atoms with Crippen molar-refractivity contribution in [2.75, 3.05) is 0 Å². The molecule has 2 unspecified atom stereocenters. The minimum Gasteiger partial charge on any atom is -0.344 e. The lowest BCUT2D eigenvalue weighted by atomic mass is 10.00. The molecule has 0 radical (unpaired) electrons. The zero-order valence-corrected chi connectivity index (χ0v) is 12.2. The van der Waals surface area contributed by atoms with Crippen LogP contribution in [0.5, 0.6) is 0 Å². The molecule has 0 saturated carbocycles. The fourth-order valence-electron chi connectivity index (χ4n) is 2.16. The van der Waals surface area contributed by atoms with Crippen molar-refractivity contribution in [3.63, 3.8) is 0 Å². The molecule has 0 bridgehead atoms. The molecule has 0 amide bonds. The van der Waals surface area contributed by atoms with Gasteiger partial charge in [-0.25, -0.2) is 4.98 Å². The van der Waals surface area contributed by atoms with E-state index in [1.807, 2.05) is 0 Å². The summed E-state index contributed by atoms with van der Waals surface area (Å²) in [5.41, 5.74) is 10.7. The monoisotopic (exact) mass is 257 g/mol. The van der Waals surface area contributed by atoms with E-state index in [9.17, 15) is 0 Å². The number of nitrogens with zero attached hydrogens (tertiary/aromatic N) is 1. The molecule has 1 aromatic carbocycles. The Morgan fingerprint density at radius 3 is 2.42 bits per heavy atom. The second-order valence-corrected chi connectivity index (χ2v) is 5.37. The van der Waals surface area contributed by atoms with Gasteiger partial charge in [0.25, 0.3) is 0 Å². The van der Waals surface area contributed by atoms with Gasteiger partial charge in [-0.2, -0.15) is 0 Å². The van der Waals surface area contributed by atoms with E-state index >= 15 is 0 Å². The van der Waals surface area contributed by atoms with E-state index in [1.54, 1.807) is 0 Å². The maximum atomic E-state index is 6.24. The number of nitrogens with two attached hydrogens (primary N) is 1. The topological polar surface area (TPSA) is 54.7 Å². The highest BCUT2D eigenvalue weighted by molar-refractivity contribution is 5.62. The summed E-state index contributed by atoms with van der Waals surface area (Å²) in [6.07, 6.45) is 1.06. The smallest absolute Gasteiger partial charge is 0.124 e. The second-order valence-electron chi connectivity index (χ2n) is 5.37.